The van der Waals surface area contributed by atoms with Crippen molar-refractivity contribution < 1.29 is 0 Å². The first kappa shape index (κ1) is 9.75. The van der Waals surface area contributed by atoms with Crippen molar-refractivity contribution in [2.24, 2.45) is 0 Å². The lowest BCUT2D eigenvalue weighted by Crippen LogP contribution is -1.87. The van der Waals surface area contributed by atoms with Gasteiger partial charge in [0.25, 0.3) is 0 Å². The summed E-state index contributed by atoms with van der Waals surface area (Å²) >= 11 is 7.59. The van der Waals surface area contributed by atoms with Crippen LogP contribution in [-0.2, 0) is 12.8 Å². The molecule has 0 N–H and O–H groups in total. The Morgan fingerprint density at radius 2 is 1.86 bits per heavy atom. The Balaban J connectivity index is 1.95. The van der Waals surface area contributed by atoms with E-state index < -0.39 is 0 Å². The first-order chi connectivity index (χ1) is 6.84. The van der Waals surface area contributed by atoms with Crippen LogP contribution in [0.5, 0.6) is 0 Å². The molecule has 1 aromatic heterocycles. The summed E-state index contributed by atoms with van der Waals surface area (Å²) in [7, 11) is 0. The van der Waals surface area contributed by atoms with Crippen LogP contribution in [0.25, 0.3) is 0 Å². The van der Waals surface area contributed by atoms with Crippen LogP contribution in [0.4, 0.5) is 0 Å². The van der Waals surface area contributed by atoms with Gasteiger partial charge < -0.3 is 0 Å². The van der Waals surface area contributed by atoms with E-state index in [-0.39, 0.29) is 0 Å². The maximum atomic E-state index is 5.85. The second-order valence-electron chi connectivity index (χ2n) is 3.22. The lowest BCUT2D eigenvalue weighted by Gasteiger charge is -1.98. The Kier molecular flexibility index (Phi) is 3.22. The van der Waals surface area contributed by atoms with Gasteiger partial charge in [0.15, 0.2) is 0 Å². The molecule has 14 heavy (non-hydrogen) atoms. The van der Waals surface area contributed by atoms with E-state index in [1.54, 1.807) is 11.3 Å². The molecule has 0 saturated heterocycles. The predicted octanol–water partition coefficient (Wildman–Crippen LogP) is 4.19. The number of halogens is 1. The lowest BCUT2D eigenvalue weighted by atomic mass is 10.1. The first-order valence-electron chi connectivity index (χ1n) is 4.61. The zero-order valence-electron chi connectivity index (χ0n) is 7.74. The molecular formula is C12H11ClS. The fourth-order valence-corrected chi connectivity index (χ4v) is 2.47. The molecule has 0 saturated carbocycles. The van der Waals surface area contributed by atoms with Crippen LogP contribution >= 0.6 is 22.9 Å². The third kappa shape index (κ3) is 2.60. The highest BCUT2D eigenvalue weighted by Crippen LogP contribution is 2.20. The molecule has 0 nitrogen and oxygen atoms in total. The first-order valence-corrected chi connectivity index (χ1v) is 5.87. The normalized spacial score (nSPS) is 10.4. The summed E-state index contributed by atoms with van der Waals surface area (Å²) < 4.78 is 0. The fourth-order valence-electron chi connectivity index (χ4n) is 1.40. The van der Waals surface area contributed by atoms with Crippen molar-refractivity contribution >= 4 is 22.9 Å². The van der Waals surface area contributed by atoms with Crippen molar-refractivity contribution in [3.8, 4) is 0 Å². The SMILES string of the molecule is Clc1csc(CCc2ccccc2)c1. The van der Waals surface area contributed by atoms with E-state index in [1.165, 1.54) is 10.4 Å². The average Bonchev–Trinajstić information content (AvgIpc) is 2.63. The summed E-state index contributed by atoms with van der Waals surface area (Å²) in [5.41, 5.74) is 1.39. The van der Waals surface area contributed by atoms with Gasteiger partial charge in [-0.2, -0.15) is 0 Å². The van der Waals surface area contributed by atoms with E-state index in [4.69, 9.17) is 11.6 Å². The Morgan fingerprint density at radius 1 is 1.07 bits per heavy atom. The van der Waals surface area contributed by atoms with Crippen molar-refractivity contribution in [2.45, 2.75) is 12.8 Å². The van der Waals surface area contributed by atoms with Gasteiger partial charge in [0.2, 0.25) is 0 Å². The number of hydrogen-bond donors (Lipinski definition) is 0. The fraction of sp³-hybridized carbons (Fsp3) is 0.167. The van der Waals surface area contributed by atoms with Gasteiger partial charge in [0.1, 0.15) is 0 Å². The highest BCUT2D eigenvalue weighted by atomic mass is 35.5. The van der Waals surface area contributed by atoms with E-state index in [0.29, 0.717) is 0 Å². The topological polar surface area (TPSA) is 0 Å². The number of rotatable bonds is 3. The van der Waals surface area contributed by atoms with Crippen LogP contribution in [0.1, 0.15) is 10.4 Å². The Morgan fingerprint density at radius 3 is 2.50 bits per heavy atom. The van der Waals surface area contributed by atoms with Crippen LogP contribution < -0.4 is 0 Å². The van der Waals surface area contributed by atoms with Crippen molar-refractivity contribution in [1.29, 1.82) is 0 Å². The summed E-state index contributed by atoms with van der Waals surface area (Å²) in [4.78, 5) is 1.36. The summed E-state index contributed by atoms with van der Waals surface area (Å²) in [5.74, 6) is 0. The molecule has 0 aliphatic heterocycles. The summed E-state index contributed by atoms with van der Waals surface area (Å²) in [6, 6.07) is 12.6. The quantitative estimate of drug-likeness (QED) is 0.731. The minimum absolute atomic E-state index is 0.859. The van der Waals surface area contributed by atoms with E-state index in [1.807, 2.05) is 11.4 Å². The maximum absolute atomic E-state index is 5.85. The second kappa shape index (κ2) is 4.63. The van der Waals surface area contributed by atoms with Gasteiger partial charge in [0.05, 0.1) is 5.02 Å². The van der Waals surface area contributed by atoms with E-state index in [2.05, 4.69) is 30.3 Å². The minimum Gasteiger partial charge on any atom is -0.147 e. The van der Waals surface area contributed by atoms with Gasteiger partial charge in [-0.3, -0.25) is 0 Å². The zero-order valence-corrected chi connectivity index (χ0v) is 9.31. The molecule has 2 aromatic rings. The van der Waals surface area contributed by atoms with E-state index in [0.717, 1.165) is 17.9 Å². The summed E-state index contributed by atoms with van der Waals surface area (Å²) in [5, 5.41) is 2.85. The van der Waals surface area contributed by atoms with Gasteiger partial charge in [-0.15, -0.1) is 11.3 Å². The third-order valence-electron chi connectivity index (χ3n) is 2.12. The molecule has 0 fully saturated rings. The standard InChI is InChI=1S/C12H11ClS/c13-11-8-12(14-9-11)7-6-10-4-2-1-3-5-10/h1-5,8-9H,6-7H2. The van der Waals surface area contributed by atoms with Crippen LogP contribution in [0, 0.1) is 0 Å². The molecule has 1 heterocycles. The molecule has 0 unspecified atom stereocenters. The van der Waals surface area contributed by atoms with Gasteiger partial charge in [-0.25, -0.2) is 0 Å². The van der Waals surface area contributed by atoms with Crippen molar-refractivity contribution in [3.63, 3.8) is 0 Å². The molecule has 0 aliphatic rings. The molecular weight excluding hydrogens is 212 g/mol. The lowest BCUT2D eigenvalue weighted by molar-refractivity contribution is 0.981. The number of benzene rings is 1. The molecule has 0 bridgehead atoms. The van der Waals surface area contributed by atoms with Crippen LogP contribution in [0.2, 0.25) is 5.02 Å². The van der Waals surface area contributed by atoms with Gasteiger partial charge >= 0.3 is 0 Å². The largest absolute Gasteiger partial charge is 0.147 e. The Hall–Kier alpha value is -0.790. The zero-order chi connectivity index (χ0) is 9.80. The van der Waals surface area contributed by atoms with Crippen LogP contribution in [0.3, 0.4) is 0 Å². The van der Waals surface area contributed by atoms with Crippen LogP contribution in [-0.4, -0.2) is 0 Å². The van der Waals surface area contributed by atoms with Gasteiger partial charge in [0, 0.05) is 10.3 Å². The Labute approximate surface area is 93.2 Å². The third-order valence-corrected chi connectivity index (χ3v) is 3.47. The molecule has 0 spiro atoms. The monoisotopic (exact) mass is 222 g/mol. The maximum Gasteiger partial charge on any atom is 0.0515 e. The summed E-state index contributed by atoms with van der Waals surface area (Å²) in [6.07, 6.45) is 2.18. The second-order valence-corrected chi connectivity index (χ2v) is 4.65. The van der Waals surface area contributed by atoms with Crippen molar-refractivity contribution in [3.05, 3.63) is 57.2 Å². The number of hydrogen-bond acceptors (Lipinski definition) is 1. The van der Waals surface area contributed by atoms with E-state index >= 15 is 0 Å². The molecule has 72 valence electrons. The molecule has 2 rings (SSSR count). The van der Waals surface area contributed by atoms with E-state index in [9.17, 15) is 0 Å². The molecule has 0 amide bonds. The summed E-state index contributed by atoms with van der Waals surface area (Å²) in [6.45, 7) is 0. The Bertz CT molecular complexity index is 392. The molecule has 2 heteroatoms. The molecule has 1 aromatic carbocycles. The van der Waals surface area contributed by atoms with Gasteiger partial charge in [-0.1, -0.05) is 41.9 Å². The molecule has 0 radical (unpaired) electrons. The molecule has 0 aliphatic carbocycles. The number of aryl methyl sites for hydroxylation is 2. The van der Waals surface area contributed by atoms with Crippen LogP contribution in [0.15, 0.2) is 41.8 Å². The minimum atomic E-state index is 0.859. The highest BCUT2D eigenvalue weighted by molar-refractivity contribution is 7.10. The smallest absolute Gasteiger partial charge is 0.0515 e. The van der Waals surface area contributed by atoms with Gasteiger partial charge in [-0.05, 0) is 24.5 Å². The van der Waals surface area contributed by atoms with Crippen molar-refractivity contribution in [1.82, 2.24) is 0 Å². The number of thiophene rings is 1. The van der Waals surface area contributed by atoms with Crippen molar-refractivity contribution in [2.75, 3.05) is 0 Å². The average molecular weight is 223 g/mol. The highest BCUT2D eigenvalue weighted by Gasteiger charge is 1.98. The molecule has 0 atom stereocenters. The predicted molar refractivity (Wildman–Crippen MR) is 63.2 cm³/mol.